The maximum absolute atomic E-state index is 12.5. The van der Waals surface area contributed by atoms with E-state index in [-0.39, 0.29) is 29.4 Å². The van der Waals surface area contributed by atoms with E-state index in [1.807, 2.05) is 6.92 Å². The molecule has 156 valence electrons. The van der Waals surface area contributed by atoms with Crippen LogP contribution >= 0.6 is 0 Å². The molecule has 1 amide bonds. The summed E-state index contributed by atoms with van der Waals surface area (Å²) >= 11 is 0. The zero-order valence-corrected chi connectivity index (χ0v) is 16.9. The molecule has 0 radical (unpaired) electrons. The topological polar surface area (TPSA) is 107 Å². The van der Waals surface area contributed by atoms with Crippen molar-refractivity contribution in [1.29, 1.82) is 0 Å². The molecule has 2 heterocycles. The molecule has 0 spiro atoms. The van der Waals surface area contributed by atoms with Gasteiger partial charge >= 0.3 is 5.97 Å². The van der Waals surface area contributed by atoms with Crippen molar-refractivity contribution in [3.8, 4) is 11.5 Å². The van der Waals surface area contributed by atoms with Gasteiger partial charge in [-0.15, -0.1) is 0 Å². The third kappa shape index (κ3) is 6.09. The number of methoxy groups -OCH3 is 1. The Kier molecular flexibility index (Phi) is 8.04. The second-order valence-electron chi connectivity index (χ2n) is 7.50. The standard InChI is InChI=1S/C20H30N2O6/c1-12(2)11-27-14-6-5-7-15(20(25)28-13(3)10-14)22-19(24)17-18(23)16(26-4)8-9-21-17/h8-9,12-15,23H,5-7,10-11H2,1-4H3,(H,22,24)/t13-,14-,15-/m0/s1. The van der Waals surface area contributed by atoms with Gasteiger partial charge in [-0.3, -0.25) is 4.79 Å². The molecule has 1 aromatic heterocycles. The van der Waals surface area contributed by atoms with Crippen molar-refractivity contribution in [2.24, 2.45) is 5.92 Å². The number of nitrogens with zero attached hydrogens (tertiary/aromatic N) is 1. The molecule has 1 fully saturated rings. The monoisotopic (exact) mass is 394 g/mol. The van der Waals surface area contributed by atoms with Gasteiger partial charge in [-0.25, -0.2) is 9.78 Å². The third-order valence-electron chi connectivity index (χ3n) is 4.51. The molecule has 1 aliphatic heterocycles. The van der Waals surface area contributed by atoms with E-state index in [1.165, 1.54) is 19.4 Å². The lowest BCUT2D eigenvalue weighted by Crippen LogP contribution is -2.42. The highest BCUT2D eigenvalue weighted by molar-refractivity contribution is 5.97. The normalized spacial score (nSPS) is 23.3. The molecular formula is C20H30N2O6. The molecule has 2 rings (SSSR count). The number of aromatic hydroxyl groups is 1. The van der Waals surface area contributed by atoms with Crippen LogP contribution in [-0.4, -0.2) is 53.9 Å². The van der Waals surface area contributed by atoms with E-state index >= 15 is 0 Å². The van der Waals surface area contributed by atoms with Crippen molar-refractivity contribution in [2.45, 2.75) is 64.7 Å². The largest absolute Gasteiger partial charge is 0.503 e. The van der Waals surface area contributed by atoms with E-state index < -0.39 is 17.9 Å². The van der Waals surface area contributed by atoms with Gasteiger partial charge in [-0.1, -0.05) is 13.8 Å². The van der Waals surface area contributed by atoms with Crippen molar-refractivity contribution in [3.05, 3.63) is 18.0 Å². The number of hydrogen-bond acceptors (Lipinski definition) is 7. The van der Waals surface area contributed by atoms with Crippen LogP contribution in [0.4, 0.5) is 0 Å². The molecular weight excluding hydrogens is 364 g/mol. The Balaban J connectivity index is 2.05. The second-order valence-corrected chi connectivity index (χ2v) is 7.50. The quantitative estimate of drug-likeness (QED) is 0.714. The molecule has 1 saturated heterocycles. The molecule has 0 bridgehead atoms. The van der Waals surface area contributed by atoms with Gasteiger partial charge in [-0.05, 0) is 32.1 Å². The van der Waals surface area contributed by atoms with Gasteiger partial charge in [0.1, 0.15) is 12.1 Å². The minimum absolute atomic E-state index is 0.0174. The maximum atomic E-state index is 12.5. The summed E-state index contributed by atoms with van der Waals surface area (Å²) in [6.45, 7) is 6.66. The number of carbonyl (C=O) groups excluding carboxylic acids is 2. The predicted octanol–water partition coefficient (Wildman–Crippen LogP) is 2.44. The lowest BCUT2D eigenvalue weighted by atomic mass is 10.0. The van der Waals surface area contributed by atoms with Crippen LogP contribution in [0.25, 0.3) is 0 Å². The van der Waals surface area contributed by atoms with Crippen molar-refractivity contribution in [1.82, 2.24) is 10.3 Å². The summed E-state index contributed by atoms with van der Waals surface area (Å²) in [6, 6.07) is 0.630. The molecule has 0 aliphatic carbocycles. The number of ether oxygens (including phenoxy) is 3. The molecule has 2 N–H and O–H groups in total. The van der Waals surface area contributed by atoms with Crippen LogP contribution in [0.1, 0.15) is 56.9 Å². The number of carbonyl (C=O) groups is 2. The van der Waals surface area contributed by atoms with Gasteiger partial charge in [-0.2, -0.15) is 0 Å². The highest BCUT2D eigenvalue weighted by Gasteiger charge is 2.29. The Morgan fingerprint density at radius 1 is 1.43 bits per heavy atom. The number of rotatable bonds is 6. The van der Waals surface area contributed by atoms with E-state index in [4.69, 9.17) is 14.2 Å². The summed E-state index contributed by atoms with van der Waals surface area (Å²) < 4.78 is 16.4. The van der Waals surface area contributed by atoms with E-state index in [0.717, 1.165) is 6.42 Å². The number of pyridine rings is 1. The first-order valence-electron chi connectivity index (χ1n) is 9.66. The van der Waals surface area contributed by atoms with E-state index in [1.54, 1.807) is 0 Å². The van der Waals surface area contributed by atoms with Crippen molar-refractivity contribution >= 4 is 11.9 Å². The zero-order chi connectivity index (χ0) is 20.7. The highest BCUT2D eigenvalue weighted by atomic mass is 16.5. The zero-order valence-electron chi connectivity index (χ0n) is 16.9. The van der Waals surface area contributed by atoms with Gasteiger partial charge in [0, 0.05) is 25.3 Å². The smallest absolute Gasteiger partial charge is 0.328 e. The average molecular weight is 394 g/mol. The van der Waals surface area contributed by atoms with E-state index in [9.17, 15) is 14.7 Å². The molecule has 1 aromatic rings. The first-order chi connectivity index (χ1) is 13.3. The number of aromatic nitrogens is 1. The fourth-order valence-electron chi connectivity index (χ4n) is 3.09. The number of nitrogens with one attached hydrogen (secondary N) is 1. The van der Waals surface area contributed by atoms with Crippen LogP contribution in [0.3, 0.4) is 0 Å². The maximum Gasteiger partial charge on any atom is 0.328 e. The molecule has 28 heavy (non-hydrogen) atoms. The summed E-state index contributed by atoms with van der Waals surface area (Å²) in [6.07, 6.45) is 3.58. The minimum Gasteiger partial charge on any atom is -0.503 e. The van der Waals surface area contributed by atoms with Gasteiger partial charge in [0.25, 0.3) is 5.91 Å². The van der Waals surface area contributed by atoms with Gasteiger partial charge in [0.2, 0.25) is 0 Å². The summed E-state index contributed by atoms with van der Waals surface area (Å²) in [4.78, 5) is 28.9. The Bertz CT molecular complexity index is 679. The van der Waals surface area contributed by atoms with Gasteiger partial charge < -0.3 is 24.6 Å². The first-order valence-corrected chi connectivity index (χ1v) is 9.66. The van der Waals surface area contributed by atoms with Crippen LogP contribution in [0, 0.1) is 5.92 Å². The third-order valence-corrected chi connectivity index (χ3v) is 4.51. The Morgan fingerprint density at radius 3 is 2.86 bits per heavy atom. The van der Waals surface area contributed by atoms with Crippen molar-refractivity contribution in [3.63, 3.8) is 0 Å². The predicted molar refractivity (Wildman–Crippen MR) is 102 cm³/mol. The van der Waals surface area contributed by atoms with E-state index in [0.29, 0.717) is 31.8 Å². The molecule has 0 unspecified atom stereocenters. The van der Waals surface area contributed by atoms with Crippen molar-refractivity contribution in [2.75, 3.05) is 13.7 Å². The summed E-state index contributed by atoms with van der Waals surface area (Å²) in [5.41, 5.74) is -0.196. The van der Waals surface area contributed by atoms with Crippen LogP contribution in [-0.2, 0) is 14.3 Å². The van der Waals surface area contributed by atoms with Crippen LogP contribution in [0.5, 0.6) is 11.5 Å². The number of esters is 1. The Labute approximate surface area is 165 Å². The lowest BCUT2D eigenvalue weighted by Gasteiger charge is -2.21. The fourth-order valence-corrected chi connectivity index (χ4v) is 3.09. The second kappa shape index (κ2) is 10.3. The van der Waals surface area contributed by atoms with Gasteiger partial charge in [0.15, 0.2) is 17.2 Å². The fraction of sp³-hybridized carbons (Fsp3) is 0.650. The first kappa shape index (κ1) is 21.9. The van der Waals surface area contributed by atoms with Crippen LogP contribution in [0.15, 0.2) is 12.3 Å². The van der Waals surface area contributed by atoms with Crippen LogP contribution in [0.2, 0.25) is 0 Å². The van der Waals surface area contributed by atoms with Crippen molar-refractivity contribution < 1.29 is 28.9 Å². The number of amides is 1. The number of hydrogen-bond donors (Lipinski definition) is 2. The lowest BCUT2D eigenvalue weighted by molar-refractivity contribution is -0.151. The molecule has 3 atom stereocenters. The molecule has 8 nitrogen and oxygen atoms in total. The summed E-state index contributed by atoms with van der Waals surface area (Å²) in [7, 11) is 1.38. The molecule has 1 aliphatic rings. The number of cyclic esters (lactones) is 1. The highest BCUT2D eigenvalue weighted by Crippen LogP contribution is 2.27. The summed E-state index contributed by atoms with van der Waals surface area (Å²) in [5.74, 6) is -0.948. The Hall–Kier alpha value is -2.35. The molecule has 0 saturated carbocycles. The minimum atomic E-state index is -0.814. The average Bonchev–Trinajstić information content (AvgIpc) is 2.70. The molecule has 0 aromatic carbocycles. The Morgan fingerprint density at radius 2 is 2.18 bits per heavy atom. The van der Waals surface area contributed by atoms with E-state index in [2.05, 4.69) is 24.1 Å². The summed E-state index contributed by atoms with van der Waals surface area (Å²) in [5, 5.41) is 12.7. The molecule has 8 heteroatoms. The SMILES string of the molecule is COc1ccnc(C(=O)N[C@H]2CCC[C@H](OCC(C)C)C[C@H](C)OC2=O)c1O. The van der Waals surface area contributed by atoms with Crippen LogP contribution < -0.4 is 10.1 Å². The van der Waals surface area contributed by atoms with Gasteiger partial charge in [0.05, 0.1) is 13.2 Å².